The van der Waals surface area contributed by atoms with Gasteiger partial charge in [0.1, 0.15) is 5.82 Å². The van der Waals surface area contributed by atoms with Crippen LogP contribution in [0, 0.1) is 30.5 Å². The van der Waals surface area contributed by atoms with Gasteiger partial charge in [0.15, 0.2) is 0 Å². The van der Waals surface area contributed by atoms with Gasteiger partial charge in [0.2, 0.25) is 0 Å². The second-order valence-electron chi connectivity index (χ2n) is 5.91. The van der Waals surface area contributed by atoms with Gasteiger partial charge in [0.05, 0.1) is 5.69 Å². The van der Waals surface area contributed by atoms with Crippen molar-refractivity contribution in [3.05, 3.63) is 41.9 Å². The average molecular weight is 245 g/mol. The summed E-state index contributed by atoms with van der Waals surface area (Å²) in [7, 11) is 0. The number of anilines is 1. The molecule has 0 aliphatic heterocycles. The molecule has 0 heterocycles. The number of allylic oxidation sites excluding steroid dienone is 1. The smallest absolute Gasteiger partial charge is 0.146 e. The molecule has 3 unspecified atom stereocenters. The molecule has 2 fully saturated rings. The molecule has 1 aromatic carbocycles. The van der Waals surface area contributed by atoms with Crippen LogP contribution < -0.4 is 5.32 Å². The van der Waals surface area contributed by atoms with Crippen molar-refractivity contribution in [3.63, 3.8) is 0 Å². The Hall–Kier alpha value is -1.31. The zero-order chi connectivity index (χ0) is 12.7. The fourth-order valence-corrected chi connectivity index (χ4v) is 3.67. The van der Waals surface area contributed by atoms with E-state index in [4.69, 9.17) is 0 Å². The molecule has 0 amide bonds. The second kappa shape index (κ2) is 4.42. The normalized spacial score (nSPS) is 29.6. The standard InChI is InChI=1S/C16H20FN/c1-10-3-6-15(17)16(7-10)18-11(2)14-9-12-4-5-13(14)8-12/h3,6-7,12-14,18H,2,4-5,8-9H2,1H3. The van der Waals surface area contributed by atoms with Crippen LogP contribution in [-0.4, -0.2) is 0 Å². The minimum Gasteiger partial charge on any atom is -0.357 e. The van der Waals surface area contributed by atoms with E-state index in [1.165, 1.54) is 31.7 Å². The van der Waals surface area contributed by atoms with Crippen molar-refractivity contribution < 1.29 is 4.39 Å². The van der Waals surface area contributed by atoms with Gasteiger partial charge in [-0.2, -0.15) is 0 Å². The highest BCUT2D eigenvalue weighted by atomic mass is 19.1. The molecule has 96 valence electrons. The number of hydrogen-bond acceptors (Lipinski definition) is 1. The first-order valence-electron chi connectivity index (χ1n) is 6.85. The minimum absolute atomic E-state index is 0.190. The molecule has 1 nitrogen and oxygen atoms in total. The van der Waals surface area contributed by atoms with E-state index in [1.54, 1.807) is 6.07 Å². The summed E-state index contributed by atoms with van der Waals surface area (Å²) in [6, 6.07) is 5.17. The van der Waals surface area contributed by atoms with Gasteiger partial charge in [-0.1, -0.05) is 19.1 Å². The molecule has 2 bridgehead atoms. The largest absolute Gasteiger partial charge is 0.357 e. The zero-order valence-corrected chi connectivity index (χ0v) is 10.9. The van der Waals surface area contributed by atoms with E-state index in [0.29, 0.717) is 11.6 Å². The average Bonchev–Trinajstić information content (AvgIpc) is 2.96. The van der Waals surface area contributed by atoms with Crippen LogP contribution in [0.15, 0.2) is 30.5 Å². The Labute approximate surface area is 108 Å². The van der Waals surface area contributed by atoms with Crippen LogP contribution in [0.3, 0.4) is 0 Å². The lowest BCUT2D eigenvalue weighted by Crippen LogP contribution is -2.17. The summed E-state index contributed by atoms with van der Waals surface area (Å²) in [6.45, 7) is 6.12. The maximum Gasteiger partial charge on any atom is 0.146 e. The SMILES string of the molecule is C=C(Nc1cc(C)ccc1F)C1CC2CCC1C2. The third kappa shape index (κ3) is 2.05. The first-order valence-corrected chi connectivity index (χ1v) is 6.85. The molecule has 1 N–H and O–H groups in total. The van der Waals surface area contributed by atoms with E-state index < -0.39 is 0 Å². The summed E-state index contributed by atoms with van der Waals surface area (Å²) < 4.78 is 13.7. The van der Waals surface area contributed by atoms with Crippen molar-refractivity contribution >= 4 is 5.69 Å². The Bertz CT molecular complexity index is 480. The number of aryl methyl sites for hydroxylation is 1. The number of nitrogens with one attached hydrogen (secondary N) is 1. The second-order valence-corrected chi connectivity index (χ2v) is 5.91. The Morgan fingerprint density at radius 3 is 2.83 bits per heavy atom. The van der Waals surface area contributed by atoms with E-state index in [9.17, 15) is 4.39 Å². The number of fused-ring (bicyclic) bond motifs is 2. The molecule has 18 heavy (non-hydrogen) atoms. The van der Waals surface area contributed by atoms with Gasteiger partial charge < -0.3 is 5.32 Å². The number of hydrogen-bond donors (Lipinski definition) is 1. The summed E-state index contributed by atoms with van der Waals surface area (Å²) in [5, 5.41) is 3.21. The van der Waals surface area contributed by atoms with Gasteiger partial charge >= 0.3 is 0 Å². The molecule has 0 saturated heterocycles. The molecule has 2 heteroatoms. The predicted octanol–water partition coefficient (Wildman–Crippen LogP) is 4.50. The van der Waals surface area contributed by atoms with Crippen LogP contribution in [-0.2, 0) is 0 Å². The van der Waals surface area contributed by atoms with Crippen molar-refractivity contribution in [2.75, 3.05) is 5.32 Å². The van der Waals surface area contributed by atoms with Crippen molar-refractivity contribution in [1.82, 2.24) is 0 Å². The van der Waals surface area contributed by atoms with Gasteiger partial charge in [0, 0.05) is 11.6 Å². The lowest BCUT2D eigenvalue weighted by Gasteiger charge is -2.25. The van der Waals surface area contributed by atoms with Gasteiger partial charge in [-0.3, -0.25) is 0 Å². The van der Waals surface area contributed by atoms with E-state index >= 15 is 0 Å². The lowest BCUT2D eigenvalue weighted by atomic mass is 9.86. The monoisotopic (exact) mass is 245 g/mol. The molecule has 0 radical (unpaired) electrons. The fraction of sp³-hybridized carbons (Fsp3) is 0.500. The van der Waals surface area contributed by atoms with Gasteiger partial charge in [-0.25, -0.2) is 4.39 Å². The maximum absolute atomic E-state index is 13.7. The Morgan fingerprint density at radius 1 is 1.33 bits per heavy atom. The number of benzene rings is 1. The van der Waals surface area contributed by atoms with E-state index in [0.717, 1.165) is 23.1 Å². The Balaban J connectivity index is 1.72. The third-order valence-corrected chi connectivity index (χ3v) is 4.60. The molecule has 1 aromatic rings. The molecule has 2 saturated carbocycles. The third-order valence-electron chi connectivity index (χ3n) is 4.60. The van der Waals surface area contributed by atoms with Crippen LogP contribution in [0.1, 0.15) is 31.2 Å². The van der Waals surface area contributed by atoms with Gasteiger partial charge in [0.25, 0.3) is 0 Å². The topological polar surface area (TPSA) is 12.0 Å². The highest BCUT2D eigenvalue weighted by Crippen LogP contribution is 2.50. The van der Waals surface area contributed by atoms with Gasteiger partial charge in [-0.15, -0.1) is 0 Å². The lowest BCUT2D eigenvalue weighted by molar-refractivity contribution is 0.380. The predicted molar refractivity (Wildman–Crippen MR) is 72.8 cm³/mol. The molecular formula is C16H20FN. The highest BCUT2D eigenvalue weighted by Gasteiger charge is 2.40. The minimum atomic E-state index is -0.190. The Morgan fingerprint density at radius 2 is 2.17 bits per heavy atom. The molecule has 0 spiro atoms. The van der Waals surface area contributed by atoms with Crippen molar-refractivity contribution in [3.8, 4) is 0 Å². The number of halogens is 1. The summed E-state index contributed by atoms with van der Waals surface area (Å²) >= 11 is 0. The summed E-state index contributed by atoms with van der Waals surface area (Å²) in [6.07, 6.45) is 5.30. The van der Waals surface area contributed by atoms with Crippen LogP contribution in [0.25, 0.3) is 0 Å². The van der Waals surface area contributed by atoms with Crippen molar-refractivity contribution in [2.24, 2.45) is 17.8 Å². The fourth-order valence-electron chi connectivity index (χ4n) is 3.67. The van der Waals surface area contributed by atoms with Crippen LogP contribution >= 0.6 is 0 Å². The maximum atomic E-state index is 13.7. The molecule has 3 rings (SSSR count). The molecule has 2 aliphatic rings. The summed E-state index contributed by atoms with van der Waals surface area (Å²) in [5.41, 5.74) is 2.65. The molecule has 0 aromatic heterocycles. The Kier molecular flexibility index (Phi) is 2.89. The van der Waals surface area contributed by atoms with E-state index in [2.05, 4.69) is 11.9 Å². The highest BCUT2D eigenvalue weighted by molar-refractivity contribution is 5.51. The molecular weight excluding hydrogens is 225 g/mol. The van der Waals surface area contributed by atoms with Crippen LogP contribution in [0.4, 0.5) is 10.1 Å². The van der Waals surface area contributed by atoms with E-state index in [1.807, 2.05) is 13.0 Å². The van der Waals surface area contributed by atoms with Crippen LogP contribution in [0.2, 0.25) is 0 Å². The summed E-state index contributed by atoms with van der Waals surface area (Å²) in [5.74, 6) is 2.03. The quantitative estimate of drug-likeness (QED) is 0.827. The van der Waals surface area contributed by atoms with Crippen molar-refractivity contribution in [2.45, 2.75) is 32.6 Å². The van der Waals surface area contributed by atoms with E-state index in [-0.39, 0.29) is 5.82 Å². The van der Waals surface area contributed by atoms with Crippen molar-refractivity contribution in [1.29, 1.82) is 0 Å². The first kappa shape index (κ1) is 11.8. The molecule has 3 atom stereocenters. The molecule has 2 aliphatic carbocycles. The van der Waals surface area contributed by atoms with Gasteiger partial charge in [-0.05, 0) is 55.7 Å². The summed E-state index contributed by atoms with van der Waals surface area (Å²) in [4.78, 5) is 0. The first-order chi connectivity index (χ1) is 8.63. The number of rotatable bonds is 3. The van der Waals surface area contributed by atoms with Crippen LogP contribution in [0.5, 0.6) is 0 Å². The zero-order valence-electron chi connectivity index (χ0n) is 10.9.